The van der Waals surface area contributed by atoms with Crippen molar-refractivity contribution in [2.45, 2.75) is 24.7 Å². The molecule has 5 rings (SSSR count). The molecule has 1 fully saturated rings. The summed E-state index contributed by atoms with van der Waals surface area (Å²) in [5.74, 6) is 0.282. The Hall–Kier alpha value is -3.93. The second-order valence-corrected chi connectivity index (χ2v) is 8.27. The van der Waals surface area contributed by atoms with Gasteiger partial charge in [-0.2, -0.15) is 0 Å². The van der Waals surface area contributed by atoms with Crippen LogP contribution in [0.25, 0.3) is 27.6 Å². The van der Waals surface area contributed by atoms with Gasteiger partial charge in [0.15, 0.2) is 0 Å². The van der Waals surface area contributed by atoms with Crippen LogP contribution >= 0.6 is 0 Å². The number of allylic oxidation sites excluding steroid dienone is 1. The van der Waals surface area contributed by atoms with Gasteiger partial charge in [-0.25, -0.2) is 9.97 Å². The van der Waals surface area contributed by atoms with E-state index in [0.29, 0.717) is 0 Å². The molecule has 1 aliphatic rings. The van der Waals surface area contributed by atoms with Crippen LogP contribution in [0.4, 0.5) is 5.95 Å². The van der Waals surface area contributed by atoms with Crippen molar-refractivity contribution >= 4 is 28.6 Å². The summed E-state index contributed by atoms with van der Waals surface area (Å²) in [6.07, 6.45) is 10.4. The molecule has 4 aromatic rings. The smallest absolute Gasteiger partial charge is 0.219 e. The molecule has 0 unspecified atom stereocenters. The van der Waals surface area contributed by atoms with Gasteiger partial charge in [0.05, 0.1) is 5.69 Å². The van der Waals surface area contributed by atoms with Crippen molar-refractivity contribution in [2.24, 2.45) is 10.7 Å². The van der Waals surface area contributed by atoms with Gasteiger partial charge >= 0.3 is 0 Å². The minimum atomic E-state index is -0.0685. The van der Waals surface area contributed by atoms with Gasteiger partial charge in [-0.15, -0.1) is 0 Å². The molecule has 32 heavy (non-hydrogen) atoms. The third kappa shape index (κ3) is 3.15. The first-order chi connectivity index (χ1) is 15.7. The highest BCUT2D eigenvalue weighted by molar-refractivity contribution is 6.11. The maximum Gasteiger partial charge on any atom is 0.219 e. The van der Waals surface area contributed by atoms with E-state index in [1.54, 1.807) is 25.6 Å². The molecular weight excluding hydrogens is 396 g/mol. The number of para-hydroxylation sites is 1. The van der Waals surface area contributed by atoms with E-state index in [2.05, 4.69) is 68.5 Å². The van der Waals surface area contributed by atoms with Crippen molar-refractivity contribution in [3.63, 3.8) is 0 Å². The van der Waals surface area contributed by atoms with Gasteiger partial charge in [0, 0.05) is 59.3 Å². The van der Waals surface area contributed by atoms with E-state index in [1.165, 1.54) is 22.9 Å². The Balaban J connectivity index is 1.65. The molecule has 1 saturated carbocycles. The third-order valence-electron chi connectivity index (χ3n) is 6.57. The first kappa shape index (κ1) is 20.0. The Labute approximate surface area is 187 Å². The van der Waals surface area contributed by atoms with E-state index in [9.17, 15) is 0 Å². The molecule has 0 amide bonds. The molecule has 0 atom stereocenters. The Morgan fingerprint density at radius 3 is 2.38 bits per heavy atom. The monoisotopic (exact) mass is 422 g/mol. The molecule has 0 radical (unpaired) electrons. The second-order valence-electron chi connectivity index (χ2n) is 8.27. The molecule has 2 aromatic carbocycles. The number of nitrogen functional groups attached to an aromatic ring is 1. The number of aromatic nitrogens is 3. The van der Waals surface area contributed by atoms with E-state index in [4.69, 9.17) is 11.5 Å². The van der Waals surface area contributed by atoms with Crippen LogP contribution in [0.5, 0.6) is 0 Å². The molecule has 160 valence electrons. The minimum absolute atomic E-state index is 0.0685. The number of fused-ring (bicyclic) bond motifs is 1. The molecule has 0 aliphatic heterocycles. The highest BCUT2D eigenvalue weighted by Crippen LogP contribution is 2.53. The predicted octanol–water partition coefficient (Wildman–Crippen LogP) is 4.68. The van der Waals surface area contributed by atoms with Crippen molar-refractivity contribution in [2.75, 3.05) is 12.8 Å². The zero-order valence-electron chi connectivity index (χ0n) is 18.0. The molecule has 0 saturated heterocycles. The number of nitrogens with two attached hydrogens (primary N) is 2. The quantitative estimate of drug-likeness (QED) is 0.406. The van der Waals surface area contributed by atoms with E-state index < -0.39 is 0 Å². The number of hydrogen-bond donors (Lipinski definition) is 3. The minimum Gasteiger partial charge on any atom is -0.404 e. The van der Waals surface area contributed by atoms with Gasteiger partial charge in [-0.3, -0.25) is 4.99 Å². The largest absolute Gasteiger partial charge is 0.404 e. The molecule has 6 nitrogen and oxygen atoms in total. The second kappa shape index (κ2) is 7.96. The van der Waals surface area contributed by atoms with E-state index in [-0.39, 0.29) is 11.4 Å². The highest BCUT2D eigenvalue weighted by Gasteiger charge is 2.44. The lowest BCUT2D eigenvalue weighted by atomic mass is 9.59. The summed E-state index contributed by atoms with van der Waals surface area (Å²) in [5, 5.41) is 1.24. The first-order valence-electron chi connectivity index (χ1n) is 10.8. The van der Waals surface area contributed by atoms with Crippen molar-refractivity contribution in [1.29, 1.82) is 0 Å². The summed E-state index contributed by atoms with van der Waals surface area (Å²) < 4.78 is 0. The van der Waals surface area contributed by atoms with Gasteiger partial charge in [0.1, 0.15) is 0 Å². The molecule has 2 heterocycles. The SMILES string of the molecule is CN=C/C(=C\N)c1[nH]c2ccccc2c1C1(c2ccc(-c3cnc(N)nc3)cc2)CCC1. The Bertz CT molecular complexity index is 1310. The zero-order valence-corrected chi connectivity index (χ0v) is 18.0. The molecule has 0 spiro atoms. The highest BCUT2D eigenvalue weighted by atomic mass is 15.0. The van der Waals surface area contributed by atoms with Gasteiger partial charge < -0.3 is 16.5 Å². The standard InChI is InChI=1S/C26H26N6/c1-29-14-18(13-27)24-23(21-5-2-3-6-22(21)32-24)26(11-4-12-26)20-9-7-17(8-10-20)19-15-30-25(28)31-16-19/h2-3,5-10,13-16,32H,4,11-12,27H2,1H3,(H2,28,30,31)/b18-13+,29-14?. The summed E-state index contributed by atoms with van der Waals surface area (Å²) in [6.45, 7) is 0. The molecule has 2 aromatic heterocycles. The number of benzene rings is 2. The maximum absolute atomic E-state index is 6.02. The van der Waals surface area contributed by atoms with Crippen LogP contribution in [0.1, 0.15) is 36.1 Å². The van der Waals surface area contributed by atoms with Crippen LogP contribution in [0.2, 0.25) is 0 Å². The third-order valence-corrected chi connectivity index (χ3v) is 6.57. The summed E-state index contributed by atoms with van der Waals surface area (Å²) in [7, 11) is 1.77. The fourth-order valence-electron chi connectivity index (χ4n) is 4.87. The van der Waals surface area contributed by atoms with Gasteiger partial charge in [-0.1, -0.05) is 48.9 Å². The van der Waals surface area contributed by atoms with E-state index >= 15 is 0 Å². The average molecular weight is 423 g/mol. The number of hydrogen-bond acceptors (Lipinski definition) is 5. The van der Waals surface area contributed by atoms with Crippen LogP contribution in [-0.4, -0.2) is 28.2 Å². The number of aromatic amines is 1. The Kier molecular flexibility index (Phi) is 4.98. The number of nitrogens with zero attached hydrogens (tertiary/aromatic N) is 3. The summed E-state index contributed by atoms with van der Waals surface area (Å²) in [4.78, 5) is 16.1. The molecule has 6 heteroatoms. The molecule has 1 aliphatic carbocycles. The van der Waals surface area contributed by atoms with Crippen molar-refractivity contribution in [3.8, 4) is 11.1 Å². The van der Waals surface area contributed by atoms with Crippen molar-refractivity contribution < 1.29 is 0 Å². The Morgan fingerprint density at radius 1 is 1.03 bits per heavy atom. The Morgan fingerprint density at radius 2 is 1.75 bits per heavy atom. The predicted molar refractivity (Wildman–Crippen MR) is 131 cm³/mol. The van der Waals surface area contributed by atoms with Crippen LogP contribution in [-0.2, 0) is 5.41 Å². The number of H-pyrrole nitrogens is 1. The van der Waals surface area contributed by atoms with Crippen molar-refractivity contribution in [3.05, 3.63) is 83.9 Å². The first-order valence-corrected chi connectivity index (χ1v) is 10.8. The van der Waals surface area contributed by atoms with E-state index in [1.807, 2.05) is 6.21 Å². The summed E-state index contributed by atoms with van der Waals surface area (Å²) in [5.41, 5.74) is 19.3. The lowest BCUT2D eigenvalue weighted by Gasteiger charge is -2.43. The molecular formula is C26H26N6. The van der Waals surface area contributed by atoms with E-state index in [0.717, 1.165) is 40.8 Å². The van der Waals surface area contributed by atoms with Crippen LogP contribution in [0.15, 0.2) is 72.1 Å². The summed E-state index contributed by atoms with van der Waals surface area (Å²) in [6, 6.07) is 17.2. The van der Waals surface area contributed by atoms with Crippen LogP contribution in [0.3, 0.4) is 0 Å². The molecule has 0 bridgehead atoms. The zero-order chi connectivity index (χ0) is 22.1. The summed E-state index contributed by atoms with van der Waals surface area (Å²) >= 11 is 0. The lowest BCUT2D eigenvalue weighted by Crippen LogP contribution is -2.36. The van der Waals surface area contributed by atoms with Crippen molar-refractivity contribution in [1.82, 2.24) is 15.0 Å². The number of nitrogens with one attached hydrogen (secondary N) is 1. The van der Waals surface area contributed by atoms with Gasteiger partial charge in [0.25, 0.3) is 0 Å². The normalized spacial score (nSPS) is 15.8. The van der Waals surface area contributed by atoms with Crippen LogP contribution < -0.4 is 11.5 Å². The topological polar surface area (TPSA) is 106 Å². The fraction of sp³-hybridized carbons (Fsp3) is 0.192. The van der Waals surface area contributed by atoms with Gasteiger partial charge in [0.2, 0.25) is 5.95 Å². The lowest BCUT2D eigenvalue weighted by molar-refractivity contribution is 0.303. The molecule has 5 N–H and O–H groups in total. The number of aliphatic imine (C=N–C) groups is 1. The maximum atomic E-state index is 6.02. The van der Waals surface area contributed by atoms with Gasteiger partial charge in [-0.05, 0) is 35.6 Å². The fourth-order valence-corrected chi connectivity index (χ4v) is 4.87. The number of rotatable bonds is 5. The number of anilines is 1. The van der Waals surface area contributed by atoms with Crippen LogP contribution in [0, 0.1) is 0 Å². The average Bonchev–Trinajstić information content (AvgIpc) is 3.17.